The van der Waals surface area contributed by atoms with Gasteiger partial charge >= 0.3 is 0 Å². The van der Waals surface area contributed by atoms with Gasteiger partial charge in [0.15, 0.2) is 0 Å². The van der Waals surface area contributed by atoms with E-state index in [1.807, 2.05) is 0 Å². The first-order valence-electron chi connectivity index (χ1n) is 12.4. The summed E-state index contributed by atoms with van der Waals surface area (Å²) < 4.78 is 0.356. The van der Waals surface area contributed by atoms with Crippen LogP contribution in [0.5, 0.6) is 0 Å². The molecular formula is C23H45N5O2S. The second-order valence-corrected chi connectivity index (χ2v) is 8.65. The average Bonchev–Trinajstić information content (AvgIpc) is 2.76. The standard InChI is InChI=1S/C23H45N5O2S/c29-19-15-11-7-3-1-5-9-13-17-24-21-26-22(28-23(31)27-21)25-18-14-10-6-2-4-8-12-16-20-30/h29-30H,1-20H2,(H3,24,25,26,27,28,31). The average molecular weight is 456 g/mol. The fraction of sp³-hybridized carbons (Fsp3) is 0.870. The van der Waals surface area contributed by atoms with E-state index in [4.69, 9.17) is 22.4 Å². The molecule has 180 valence electrons. The Balaban J connectivity index is 2.06. The summed E-state index contributed by atoms with van der Waals surface area (Å²) in [5.41, 5.74) is 0. The number of nitrogens with one attached hydrogen (secondary N) is 3. The summed E-state index contributed by atoms with van der Waals surface area (Å²) in [5, 5.41) is 24.2. The Morgan fingerprint density at radius 2 is 0.871 bits per heavy atom. The summed E-state index contributed by atoms with van der Waals surface area (Å²) in [6.07, 6.45) is 18.9. The van der Waals surface area contributed by atoms with E-state index < -0.39 is 0 Å². The summed E-state index contributed by atoms with van der Waals surface area (Å²) in [6.45, 7) is 2.40. The molecule has 0 atom stereocenters. The topological polar surface area (TPSA) is 106 Å². The van der Waals surface area contributed by atoms with Gasteiger partial charge in [-0.05, 0) is 37.9 Å². The Bertz CT molecular complexity index is 540. The Hall–Kier alpha value is -1.25. The molecule has 0 amide bonds. The normalized spacial score (nSPS) is 11.0. The van der Waals surface area contributed by atoms with Crippen LogP contribution < -0.4 is 10.6 Å². The number of unbranched alkanes of at least 4 members (excludes halogenated alkanes) is 14. The van der Waals surface area contributed by atoms with Gasteiger partial charge in [0.25, 0.3) is 0 Å². The van der Waals surface area contributed by atoms with Crippen molar-refractivity contribution in [2.45, 2.75) is 103 Å². The summed E-state index contributed by atoms with van der Waals surface area (Å²) in [4.78, 5) is 11.7. The van der Waals surface area contributed by atoms with Gasteiger partial charge in [0.1, 0.15) is 0 Å². The quantitative estimate of drug-likeness (QED) is 0.115. The van der Waals surface area contributed by atoms with Gasteiger partial charge in [-0.2, -0.15) is 9.97 Å². The lowest BCUT2D eigenvalue weighted by Gasteiger charge is -2.09. The third kappa shape index (κ3) is 17.0. The van der Waals surface area contributed by atoms with Crippen LogP contribution in [0, 0.1) is 4.77 Å². The number of hydrogen-bond donors (Lipinski definition) is 5. The van der Waals surface area contributed by atoms with Gasteiger partial charge in [0.2, 0.25) is 16.7 Å². The Morgan fingerprint density at radius 1 is 0.548 bits per heavy atom. The molecule has 31 heavy (non-hydrogen) atoms. The van der Waals surface area contributed by atoms with Crippen LogP contribution in [0.2, 0.25) is 0 Å². The minimum Gasteiger partial charge on any atom is -0.396 e. The molecule has 0 bridgehead atoms. The van der Waals surface area contributed by atoms with Crippen LogP contribution in [0.1, 0.15) is 103 Å². The lowest BCUT2D eigenvalue weighted by Crippen LogP contribution is -2.11. The molecule has 7 nitrogen and oxygen atoms in total. The minimum absolute atomic E-state index is 0.322. The van der Waals surface area contributed by atoms with Gasteiger partial charge in [0.05, 0.1) is 0 Å². The van der Waals surface area contributed by atoms with Gasteiger partial charge in [-0.3, -0.25) is 4.98 Å². The third-order valence-corrected chi connectivity index (χ3v) is 5.59. The van der Waals surface area contributed by atoms with Gasteiger partial charge < -0.3 is 20.8 Å². The number of H-pyrrole nitrogens is 1. The zero-order valence-corrected chi connectivity index (χ0v) is 20.2. The van der Waals surface area contributed by atoms with Crippen LogP contribution in [0.4, 0.5) is 11.9 Å². The lowest BCUT2D eigenvalue weighted by molar-refractivity contribution is 0.282. The van der Waals surface area contributed by atoms with E-state index in [0.29, 0.717) is 29.9 Å². The highest BCUT2D eigenvalue weighted by atomic mass is 32.1. The van der Waals surface area contributed by atoms with Crippen molar-refractivity contribution in [3.63, 3.8) is 0 Å². The number of aliphatic hydroxyl groups excluding tert-OH is 2. The maximum Gasteiger partial charge on any atom is 0.225 e. The van der Waals surface area contributed by atoms with Crippen molar-refractivity contribution in [1.82, 2.24) is 15.0 Å². The second-order valence-electron chi connectivity index (χ2n) is 8.29. The fourth-order valence-electron chi connectivity index (χ4n) is 3.56. The summed E-state index contributed by atoms with van der Waals surface area (Å²) in [6, 6.07) is 0. The van der Waals surface area contributed by atoms with E-state index in [9.17, 15) is 0 Å². The largest absolute Gasteiger partial charge is 0.396 e. The first-order valence-corrected chi connectivity index (χ1v) is 12.8. The molecule has 1 aromatic heterocycles. The number of aliphatic hydroxyl groups is 2. The van der Waals surface area contributed by atoms with Crippen molar-refractivity contribution in [2.24, 2.45) is 0 Å². The van der Waals surface area contributed by atoms with Crippen LogP contribution in [0.15, 0.2) is 0 Å². The number of hydrogen-bond acceptors (Lipinski definition) is 7. The molecule has 0 radical (unpaired) electrons. The van der Waals surface area contributed by atoms with E-state index in [1.54, 1.807) is 0 Å². The molecule has 0 aromatic carbocycles. The van der Waals surface area contributed by atoms with Crippen LogP contribution >= 0.6 is 12.2 Å². The highest BCUT2D eigenvalue weighted by Crippen LogP contribution is 2.10. The number of rotatable bonds is 22. The summed E-state index contributed by atoms with van der Waals surface area (Å²) >= 11 is 5.19. The first-order chi connectivity index (χ1) is 15.3. The Kier molecular flexibility index (Phi) is 18.5. The first kappa shape index (κ1) is 27.8. The van der Waals surface area contributed by atoms with Crippen molar-refractivity contribution < 1.29 is 10.2 Å². The highest BCUT2D eigenvalue weighted by Gasteiger charge is 2.01. The number of aromatic amines is 1. The van der Waals surface area contributed by atoms with Crippen LogP contribution in [-0.2, 0) is 0 Å². The molecule has 0 saturated carbocycles. The predicted octanol–water partition coefficient (Wildman–Crippen LogP) is 5.58. The molecule has 0 fully saturated rings. The van der Waals surface area contributed by atoms with E-state index in [-0.39, 0.29) is 0 Å². The van der Waals surface area contributed by atoms with Crippen LogP contribution in [-0.4, -0.2) is 51.5 Å². The summed E-state index contributed by atoms with van der Waals surface area (Å²) in [5.74, 6) is 1.38. The van der Waals surface area contributed by atoms with E-state index >= 15 is 0 Å². The number of nitrogens with zero attached hydrogens (tertiary/aromatic N) is 2. The summed E-state index contributed by atoms with van der Waals surface area (Å²) in [7, 11) is 0. The number of anilines is 2. The van der Waals surface area contributed by atoms with Crippen molar-refractivity contribution >= 4 is 24.1 Å². The van der Waals surface area contributed by atoms with Gasteiger partial charge in [-0.15, -0.1) is 0 Å². The maximum absolute atomic E-state index is 8.77. The molecule has 0 aliphatic heterocycles. The molecule has 0 saturated heterocycles. The van der Waals surface area contributed by atoms with Crippen molar-refractivity contribution in [3.8, 4) is 0 Å². The lowest BCUT2D eigenvalue weighted by atomic mass is 10.1. The monoisotopic (exact) mass is 455 g/mol. The second kappa shape index (κ2) is 20.6. The van der Waals surface area contributed by atoms with Crippen LogP contribution in [0.3, 0.4) is 0 Å². The third-order valence-electron chi connectivity index (χ3n) is 5.41. The molecule has 0 unspecified atom stereocenters. The molecule has 0 aliphatic rings. The zero-order chi connectivity index (χ0) is 22.4. The van der Waals surface area contributed by atoms with Crippen molar-refractivity contribution in [2.75, 3.05) is 36.9 Å². The maximum atomic E-state index is 8.77. The molecular weight excluding hydrogens is 410 g/mol. The van der Waals surface area contributed by atoms with Crippen molar-refractivity contribution in [3.05, 3.63) is 4.77 Å². The molecule has 5 N–H and O–H groups in total. The van der Waals surface area contributed by atoms with Crippen molar-refractivity contribution in [1.29, 1.82) is 0 Å². The molecule has 8 heteroatoms. The fourth-order valence-corrected chi connectivity index (χ4v) is 3.74. The molecule has 1 aromatic rings. The zero-order valence-electron chi connectivity index (χ0n) is 19.3. The molecule has 1 rings (SSSR count). The van der Waals surface area contributed by atoms with Gasteiger partial charge in [0, 0.05) is 26.3 Å². The molecule has 0 aliphatic carbocycles. The minimum atomic E-state index is 0.322. The highest BCUT2D eigenvalue weighted by molar-refractivity contribution is 7.71. The van der Waals surface area contributed by atoms with E-state index in [1.165, 1.54) is 64.2 Å². The number of aromatic nitrogens is 3. The predicted molar refractivity (Wildman–Crippen MR) is 132 cm³/mol. The molecule has 0 spiro atoms. The van der Waals surface area contributed by atoms with Gasteiger partial charge in [-0.25, -0.2) is 0 Å². The van der Waals surface area contributed by atoms with Crippen LogP contribution in [0.25, 0.3) is 0 Å². The smallest absolute Gasteiger partial charge is 0.225 e. The Labute approximate surface area is 193 Å². The SMILES string of the molecule is OCCCCCCCCCCNc1nc(=S)nc(NCCCCCCCCCCO)[nH]1. The van der Waals surface area contributed by atoms with Gasteiger partial charge in [-0.1, -0.05) is 77.0 Å². The molecule has 1 heterocycles. The Morgan fingerprint density at radius 3 is 1.23 bits per heavy atom. The van der Waals surface area contributed by atoms with E-state index in [2.05, 4.69) is 25.6 Å². The van der Waals surface area contributed by atoms with E-state index in [0.717, 1.165) is 51.6 Å².